The number of para-hydroxylation sites is 2. The summed E-state index contributed by atoms with van der Waals surface area (Å²) in [4.78, 5) is 3.91. The number of benzene rings is 2. The van der Waals surface area contributed by atoms with Gasteiger partial charge in [-0.1, -0.05) is 36.4 Å². The van der Waals surface area contributed by atoms with Gasteiger partial charge in [-0.05, 0) is 18.2 Å². The van der Waals surface area contributed by atoms with Crippen LogP contribution in [0.15, 0.2) is 60.8 Å². The number of hydrogen-bond acceptors (Lipinski definition) is 4. The third kappa shape index (κ3) is 5.09. The maximum atomic E-state index is 12.7. The summed E-state index contributed by atoms with van der Waals surface area (Å²) < 4.78 is 84.2. The molecule has 0 unspecified atom stereocenters. The number of nitrogens with zero attached hydrogens (tertiary/aromatic N) is 1. The molecule has 0 aliphatic rings. The number of alkyl halides is 6. The smallest absolute Gasteiger partial charge is 0.405 e. The van der Waals surface area contributed by atoms with Crippen LogP contribution in [-0.2, 0) is 0 Å². The Morgan fingerprint density at radius 1 is 0.690 bits per heavy atom. The van der Waals surface area contributed by atoms with E-state index in [0.29, 0.717) is 0 Å². The molecule has 2 aromatic carbocycles. The van der Waals surface area contributed by atoms with Gasteiger partial charge in [-0.25, -0.2) is 4.98 Å². The van der Waals surface area contributed by atoms with Crippen LogP contribution in [0, 0.1) is 0 Å². The number of nitrogens with two attached hydrogens (primary N) is 1. The Bertz CT molecular complexity index is 1020. The molecule has 10 heteroatoms. The fourth-order valence-corrected chi connectivity index (χ4v) is 2.66. The van der Waals surface area contributed by atoms with Gasteiger partial charge >= 0.3 is 12.7 Å². The molecule has 0 saturated heterocycles. The summed E-state index contributed by atoms with van der Waals surface area (Å²) in [5.41, 5.74) is 6.05. The lowest BCUT2D eigenvalue weighted by molar-refractivity contribution is -0.275. The Hall–Kier alpha value is -3.43. The zero-order valence-corrected chi connectivity index (χ0v) is 14.4. The first kappa shape index (κ1) is 20.3. The van der Waals surface area contributed by atoms with Gasteiger partial charge in [0, 0.05) is 28.5 Å². The predicted molar refractivity (Wildman–Crippen MR) is 92.9 cm³/mol. The number of rotatable bonds is 4. The number of hydrogen-bond donors (Lipinski definition) is 1. The summed E-state index contributed by atoms with van der Waals surface area (Å²) in [7, 11) is 0. The van der Waals surface area contributed by atoms with E-state index in [1.807, 2.05) is 0 Å². The van der Waals surface area contributed by atoms with Crippen LogP contribution in [0.4, 0.5) is 32.2 Å². The molecule has 0 aliphatic heterocycles. The van der Waals surface area contributed by atoms with Gasteiger partial charge in [0.1, 0.15) is 17.3 Å². The van der Waals surface area contributed by atoms with Crippen molar-refractivity contribution in [3.8, 4) is 33.8 Å². The van der Waals surface area contributed by atoms with E-state index >= 15 is 0 Å². The van der Waals surface area contributed by atoms with E-state index in [1.165, 1.54) is 48.7 Å². The van der Waals surface area contributed by atoms with E-state index in [0.717, 1.165) is 12.1 Å². The summed E-state index contributed by atoms with van der Waals surface area (Å²) in [5, 5.41) is 0. The molecular weight excluding hydrogens is 402 g/mol. The minimum absolute atomic E-state index is 0.0223. The van der Waals surface area contributed by atoms with Crippen molar-refractivity contribution in [2.45, 2.75) is 12.7 Å². The van der Waals surface area contributed by atoms with E-state index in [-0.39, 0.29) is 28.1 Å². The van der Waals surface area contributed by atoms with Crippen molar-refractivity contribution in [1.29, 1.82) is 0 Å². The van der Waals surface area contributed by atoms with Crippen LogP contribution in [0.5, 0.6) is 11.5 Å². The Morgan fingerprint density at radius 3 is 1.72 bits per heavy atom. The van der Waals surface area contributed by atoms with E-state index in [1.54, 1.807) is 0 Å². The summed E-state index contributed by atoms with van der Waals surface area (Å²) in [5.74, 6) is -1.14. The molecule has 0 fully saturated rings. The summed E-state index contributed by atoms with van der Waals surface area (Å²) in [6.45, 7) is 0. The maximum Gasteiger partial charge on any atom is 0.573 e. The highest BCUT2D eigenvalue weighted by molar-refractivity contribution is 5.83. The normalized spacial score (nSPS) is 11.9. The highest BCUT2D eigenvalue weighted by Crippen LogP contribution is 2.40. The van der Waals surface area contributed by atoms with Crippen molar-refractivity contribution in [2.75, 3.05) is 5.73 Å². The lowest BCUT2D eigenvalue weighted by Gasteiger charge is -2.16. The van der Waals surface area contributed by atoms with Crippen molar-refractivity contribution in [3.63, 3.8) is 0 Å². The molecule has 2 N–H and O–H groups in total. The van der Waals surface area contributed by atoms with Gasteiger partial charge in [0.2, 0.25) is 0 Å². The van der Waals surface area contributed by atoms with Gasteiger partial charge in [0.05, 0.1) is 0 Å². The van der Waals surface area contributed by atoms with Crippen molar-refractivity contribution >= 4 is 5.82 Å². The van der Waals surface area contributed by atoms with Gasteiger partial charge in [0.15, 0.2) is 0 Å². The van der Waals surface area contributed by atoms with Gasteiger partial charge in [-0.3, -0.25) is 0 Å². The molecule has 152 valence electrons. The molecule has 0 radical (unpaired) electrons. The van der Waals surface area contributed by atoms with Crippen LogP contribution in [0.2, 0.25) is 0 Å². The average Bonchev–Trinajstić information content (AvgIpc) is 2.61. The first-order valence-corrected chi connectivity index (χ1v) is 7.99. The molecule has 3 aromatic rings. The molecule has 0 amide bonds. The quantitative estimate of drug-likeness (QED) is 0.549. The Labute approximate surface area is 160 Å². The third-order valence-electron chi connectivity index (χ3n) is 3.75. The van der Waals surface area contributed by atoms with Gasteiger partial charge in [0.25, 0.3) is 0 Å². The number of pyridine rings is 1. The summed E-state index contributed by atoms with van der Waals surface area (Å²) in [6.07, 6.45) is -8.67. The highest BCUT2D eigenvalue weighted by atomic mass is 19.4. The highest BCUT2D eigenvalue weighted by Gasteiger charge is 2.33. The number of anilines is 1. The maximum absolute atomic E-state index is 12.7. The fraction of sp³-hybridized carbons (Fsp3) is 0.105. The standard InChI is InChI=1S/C19H12F6N2O2/c20-18(21,22)28-15-7-3-1-5-12(15)11-9-14(17(26)27-10-11)13-6-2-4-8-16(13)29-19(23,24)25/h1-10H,(H2,26,27). The van der Waals surface area contributed by atoms with E-state index in [9.17, 15) is 26.3 Å². The molecule has 0 saturated carbocycles. The number of ether oxygens (including phenoxy) is 2. The molecule has 3 rings (SSSR count). The zero-order chi connectivity index (χ0) is 21.2. The predicted octanol–water partition coefficient (Wildman–Crippen LogP) is 5.80. The largest absolute Gasteiger partial charge is 0.573 e. The van der Waals surface area contributed by atoms with Crippen LogP contribution >= 0.6 is 0 Å². The Kier molecular flexibility index (Phi) is 5.27. The fourth-order valence-electron chi connectivity index (χ4n) is 2.66. The van der Waals surface area contributed by atoms with Gasteiger partial charge in [-0.2, -0.15) is 0 Å². The van der Waals surface area contributed by atoms with Crippen LogP contribution < -0.4 is 15.2 Å². The zero-order valence-electron chi connectivity index (χ0n) is 14.4. The van der Waals surface area contributed by atoms with Crippen LogP contribution in [0.1, 0.15) is 0 Å². The molecule has 0 aliphatic carbocycles. The number of aromatic nitrogens is 1. The number of nitrogen functional groups attached to an aromatic ring is 1. The lowest BCUT2D eigenvalue weighted by atomic mass is 10.00. The molecule has 0 atom stereocenters. The number of halogens is 6. The second-order valence-corrected chi connectivity index (χ2v) is 5.74. The third-order valence-corrected chi connectivity index (χ3v) is 3.75. The van der Waals surface area contributed by atoms with E-state index < -0.39 is 24.2 Å². The van der Waals surface area contributed by atoms with Crippen molar-refractivity contribution in [3.05, 3.63) is 60.8 Å². The van der Waals surface area contributed by atoms with E-state index in [4.69, 9.17) is 5.73 Å². The molecular formula is C19H12F6N2O2. The lowest BCUT2D eigenvalue weighted by Crippen LogP contribution is -2.17. The second-order valence-electron chi connectivity index (χ2n) is 5.74. The van der Waals surface area contributed by atoms with Crippen molar-refractivity contribution in [1.82, 2.24) is 4.98 Å². The Morgan fingerprint density at radius 2 is 1.17 bits per heavy atom. The van der Waals surface area contributed by atoms with Crippen LogP contribution in [-0.4, -0.2) is 17.7 Å². The summed E-state index contributed by atoms with van der Waals surface area (Å²) >= 11 is 0. The molecule has 4 nitrogen and oxygen atoms in total. The SMILES string of the molecule is Nc1ncc(-c2ccccc2OC(F)(F)F)cc1-c1ccccc1OC(F)(F)F. The molecule has 1 heterocycles. The monoisotopic (exact) mass is 414 g/mol. The molecule has 29 heavy (non-hydrogen) atoms. The first-order chi connectivity index (χ1) is 13.5. The van der Waals surface area contributed by atoms with Crippen molar-refractivity contribution < 1.29 is 35.8 Å². The van der Waals surface area contributed by atoms with Crippen LogP contribution in [0.3, 0.4) is 0 Å². The van der Waals surface area contributed by atoms with E-state index in [2.05, 4.69) is 14.5 Å². The minimum Gasteiger partial charge on any atom is -0.405 e. The summed E-state index contributed by atoms with van der Waals surface area (Å²) in [6, 6.07) is 11.8. The first-order valence-electron chi connectivity index (χ1n) is 7.99. The topological polar surface area (TPSA) is 57.4 Å². The average molecular weight is 414 g/mol. The van der Waals surface area contributed by atoms with Gasteiger partial charge in [-0.15, -0.1) is 26.3 Å². The van der Waals surface area contributed by atoms with Crippen molar-refractivity contribution in [2.24, 2.45) is 0 Å². The minimum atomic E-state index is -4.94. The van der Waals surface area contributed by atoms with Gasteiger partial charge < -0.3 is 15.2 Å². The second kappa shape index (κ2) is 7.53. The molecule has 0 spiro atoms. The van der Waals surface area contributed by atoms with Crippen LogP contribution in [0.25, 0.3) is 22.3 Å². The Balaban J connectivity index is 2.11. The molecule has 0 bridgehead atoms. The molecule has 1 aromatic heterocycles.